The smallest absolute Gasteiger partial charge is 0.252 e. The minimum atomic E-state index is -0.769. The normalized spacial score (nSPS) is 11.9. The Bertz CT molecular complexity index is 599. The SMILES string of the molecule is Cc1cncc(C(=O)NCC(O)c2ccc(Cl)cc2)c1. The highest BCUT2D eigenvalue weighted by Gasteiger charge is 2.11. The molecule has 1 amide bonds. The van der Waals surface area contributed by atoms with E-state index in [1.807, 2.05) is 6.92 Å². The summed E-state index contributed by atoms with van der Waals surface area (Å²) in [6.07, 6.45) is 2.41. The Morgan fingerprint density at radius 1 is 1.35 bits per heavy atom. The lowest BCUT2D eigenvalue weighted by molar-refractivity contribution is 0.0916. The van der Waals surface area contributed by atoms with Gasteiger partial charge >= 0.3 is 0 Å². The molecule has 2 aromatic rings. The molecule has 0 aliphatic rings. The third-order valence-electron chi connectivity index (χ3n) is 2.85. The van der Waals surface area contributed by atoms with Crippen LogP contribution in [0.2, 0.25) is 5.02 Å². The number of aromatic nitrogens is 1. The van der Waals surface area contributed by atoms with E-state index in [0.29, 0.717) is 16.1 Å². The van der Waals surface area contributed by atoms with Crippen LogP contribution >= 0.6 is 11.6 Å². The van der Waals surface area contributed by atoms with Gasteiger partial charge in [0.1, 0.15) is 0 Å². The van der Waals surface area contributed by atoms with E-state index < -0.39 is 6.10 Å². The Morgan fingerprint density at radius 2 is 2.05 bits per heavy atom. The average Bonchev–Trinajstić information content (AvgIpc) is 2.45. The fourth-order valence-electron chi connectivity index (χ4n) is 1.77. The van der Waals surface area contributed by atoms with Gasteiger partial charge in [-0.05, 0) is 36.2 Å². The number of carbonyl (C=O) groups is 1. The second kappa shape index (κ2) is 6.50. The summed E-state index contributed by atoms with van der Waals surface area (Å²) in [7, 11) is 0. The van der Waals surface area contributed by atoms with Gasteiger partial charge in [-0.25, -0.2) is 0 Å². The molecule has 20 heavy (non-hydrogen) atoms. The van der Waals surface area contributed by atoms with E-state index in [9.17, 15) is 9.90 Å². The number of hydrogen-bond donors (Lipinski definition) is 2. The molecule has 2 N–H and O–H groups in total. The van der Waals surface area contributed by atoms with Crippen molar-refractivity contribution in [3.8, 4) is 0 Å². The molecule has 1 aromatic heterocycles. The first-order chi connectivity index (χ1) is 9.56. The van der Waals surface area contributed by atoms with Gasteiger partial charge in [0.2, 0.25) is 0 Å². The molecule has 0 spiro atoms. The number of aryl methyl sites for hydroxylation is 1. The topological polar surface area (TPSA) is 62.2 Å². The highest BCUT2D eigenvalue weighted by molar-refractivity contribution is 6.30. The van der Waals surface area contributed by atoms with Gasteiger partial charge in [0, 0.05) is 24.0 Å². The number of amides is 1. The number of aliphatic hydroxyl groups excluding tert-OH is 1. The monoisotopic (exact) mass is 290 g/mol. The van der Waals surface area contributed by atoms with Crippen LogP contribution in [0.3, 0.4) is 0 Å². The molecule has 5 heteroatoms. The Hall–Kier alpha value is -1.91. The van der Waals surface area contributed by atoms with Crippen molar-refractivity contribution in [1.29, 1.82) is 0 Å². The summed E-state index contributed by atoms with van der Waals surface area (Å²) in [5.41, 5.74) is 2.10. The first kappa shape index (κ1) is 14.5. The number of nitrogens with one attached hydrogen (secondary N) is 1. The highest BCUT2D eigenvalue weighted by atomic mass is 35.5. The molecule has 1 heterocycles. The lowest BCUT2D eigenvalue weighted by Crippen LogP contribution is -2.28. The van der Waals surface area contributed by atoms with Crippen LogP contribution in [0.1, 0.15) is 27.6 Å². The van der Waals surface area contributed by atoms with Gasteiger partial charge in [0.25, 0.3) is 5.91 Å². The van der Waals surface area contributed by atoms with E-state index in [-0.39, 0.29) is 12.5 Å². The molecular formula is C15H15ClN2O2. The molecule has 104 valence electrons. The second-order valence-electron chi connectivity index (χ2n) is 4.53. The van der Waals surface area contributed by atoms with Crippen molar-refractivity contribution in [1.82, 2.24) is 10.3 Å². The Labute approximate surface area is 122 Å². The van der Waals surface area contributed by atoms with Crippen molar-refractivity contribution in [3.05, 3.63) is 64.4 Å². The molecular weight excluding hydrogens is 276 g/mol. The van der Waals surface area contributed by atoms with Crippen LogP contribution in [0, 0.1) is 6.92 Å². The van der Waals surface area contributed by atoms with Crippen molar-refractivity contribution < 1.29 is 9.90 Å². The van der Waals surface area contributed by atoms with Gasteiger partial charge in [-0.2, -0.15) is 0 Å². The summed E-state index contributed by atoms with van der Waals surface area (Å²) in [5.74, 6) is -0.255. The standard InChI is InChI=1S/C15H15ClN2O2/c1-10-6-12(8-17-7-10)15(20)18-9-14(19)11-2-4-13(16)5-3-11/h2-8,14,19H,9H2,1H3,(H,18,20). The molecule has 0 fully saturated rings. The fourth-order valence-corrected chi connectivity index (χ4v) is 1.90. The van der Waals surface area contributed by atoms with Gasteiger partial charge in [-0.3, -0.25) is 9.78 Å². The molecule has 0 aliphatic heterocycles. The Morgan fingerprint density at radius 3 is 2.70 bits per heavy atom. The minimum absolute atomic E-state index is 0.133. The van der Waals surface area contributed by atoms with E-state index in [2.05, 4.69) is 10.3 Å². The summed E-state index contributed by atoms with van der Waals surface area (Å²) in [6, 6.07) is 8.61. The maximum atomic E-state index is 11.9. The molecule has 1 unspecified atom stereocenters. The van der Waals surface area contributed by atoms with Gasteiger partial charge in [0.05, 0.1) is 11.7 Å². The quantitative estimate of drug-likeness (QED) is 0.909. The minimum Gasteiger partial charge on any atom is -0.387 e. The van der Waals surface area contributed by atoms with Gasteiger partial charge < -0.3 is 10.4 Å². The van der Waals surface area contributed by atoms with Crippen LogP contribution in [-0.2, 0) is 0 Å². The molecule has 1 aromatic carbocycles. The maximum Gasteiger partial charge on any atom is 0.252 e. The largest absolute Gasteiger partial charge is 0.387 e. The first-order valence-electron chi connectivity index (χ1n) is 6.19. The third-order valence-corrected chi connectivity index (χ3v) is 3.10. The van der Waals surface area contributed by atoms with Crippen LogP contribution < -0.4 is 5.32 Å². The zero-order valence-corrected chi connectivity index (χ0v) is 11.8. The van der Waals surface area contributed by atoms with Crippen molar-refractivity contribution in [2.75, 3.05) is 6.54 Å². The summed E-state index contributed by atoms with van der Waals surface area (Å²) in [4.78, 5) is 15.9. The zero-order valence-electron chi connectivity index (χ0n) is 11.0. The molecule has 2 rings (SSSR count). The number of aliphatic hydroxyl groups is 1. The molecule has 0 saturated heterocycles. The van der Waals surface area contributed by atoms with Crippen molar-refractivity contribution in [2.45, 2.75) is 13.0 Å². The summed E-state index contributed by atoms with van der Waals surface area (Å²) < 4.78 is 0. The lowest BCUT2D eigenvalue weighted by Gasteiger charge is -2.12. The highest BCUT2D eigenvalue weighted by Crippen LogP contribution is 2.15. The van der Waals surface area contributed by atoms with Crippen LogP contribution in [-0.4, -0.2) is 22.5 Å². The van der Waals surface area contributed by atoms with E-state index in [1.165, 1.54) is 6.20 Å². The van der Waals surface area contributed by atoms with Gasteiger partial charge in [-0.1, -0.05) is 23.7 Å². The number of rotatable bonds is 4. The second-order valence-corrected chi connectivity index (χ2v) is 4.96. The number of nitrogens with zero attached hydrogens (tertiary/aromatic N) is 1. The van der Waals surface area contributed by atoms with Gasteiger partial charge in [0.15, 0.2) is 0 Å². The molecule has 0 radical (unpaired) electrons. The lowest BCUT2D eigenvalue weighted by atomic mass is 10.1. The van der Waals surface area contributed by atoms with Gasteiger partial charge in [-0.15, -0.1) is 0 Å². The summed E-state index contributed by atoms with van der Waals surface area (Å²) >= 11 is 5.78. The molecule has 1 atom stereocenters. The number of benzene rings is 1. The number of carbonyl (C=O) groups excluding carboxylic acids is 1. The summed E-state index contributed by atoms with van der Waals surface area (Å²) in [5, 5.41) is 13.3. The number of pyridine rings is 1. The Kier molecular flexibility index (Phi) is 4.71. The molecule has 0 saturated carbocycles. The average molecular weight is 291 g/mol. The van der Waals surface area contributed by atoms with Crippen molar-refractivity contribution in [3.63, 3.8) is 0 Å². The van der Waals surface area contributed by atoms with E-state index in [4.69, 9.17) is 11.6 Å². The number of halogens is 1. The predicted molar refractivity (Wildman–Crippen MR) is 77.7 cm³/mol. The van der Waals surface area contributed by atoms with Crippen LogP contribution in [0.15, 0.2) is 42.7 Å². The van der Waals surface area contributed by atoms with Crippen molar-refractivity contribution in [2.24, 2.45) is 0 Å². The van der Waals surface area contributed by atoms with Crippen LogP contribution in [0.5, 0.6) is 0 Å². The summed E-state index contributed by atoms with van der Waals surface area (Å²) in [6.45, 7) is 2.00. The van der Waals surface area contributed by atoms with E-state index in [0.717, 1.165) is 5.56 Å². The van der Waals surface area contributed by atoms with Crippen LogP contribution in [0.4, 0.5) is 0 Å². The van der Waals surface area contributed by atoms with Crippen molar-refractivity contribution >= 4 is 17.5 Å². The van der Waals surface area contributed by atoms with E-state index >= 15 is 0 Å². The van der Waals surface area contributed by atoms with E-state index in [1.54, 1.807) is 36.5 Å². The van der Waals surface area contributed by atoms with Crippen LogP contribution in [0.25, 0.3) is 0 Å². The number of hydrogen-bond acceptors (Lipinski definition) is 3. The Balaban J connectivity index is 1.94. The first-order valence-corrected chi connectivity index (χ1v) is 6.57. The molecule has 0 aliphatic carbocycles. The molecule has 0 bridgehead atoms. The third kappa shape index (κ3) is 3.79. The predicted octanol–water partition coefficient (Wildman–Crippen LogP) is 2.51. The maximum absolute atomic E-state index is 11.9. The zero-order chi connectivity index (χ0) is 14.5. The fraction of sp³-hybridized carbons (Fsp3) is 0.200. The molecule has 4 nitrogen and oxygen atoms in total.